The van der Waals surface area contributed by atoms with E-state index in [-0.39, 0.29) is 11.3 Å². The zero-order valence-corrected chi connectivity index (χ0v) is 10.9. The molecule has 0 amide bonds. The van der Waals surface area contributed by atoms with Gasteiger partial charge in [0.25, 0.3) is 11.4 Å². The summed E-state index contributed by atoms with van der Waals surface area (Å²) in [6.45, 7) is 0. The van der Waals surface area contributed by atoms with Crippen molar-refractivity contribution in [1.82, 2.24) is 0 Å². The fraction of sp³-hybridized carbons (Fsp3) is 0. The third kappa shape index (κ3) is 3.15. The lowest BCUT2D eigenvalue weighted by atomic mass is 10.2. The quantitative estimate of drug-likeness (QED) is 0.640. The summed E-state index contributed by atoms with van der Waals surface area (Å²) >= 11 is 0. The van der Waals surface area contributed by atoms with Crippen LogP contribution >= 0.6 is 0 Å². The molecule has 0 aliphatic carbocycles. The number of carboxylic acids is 1. The molecule has 0 radical (unpaired) electrons. The Bertz CT molecular complexity index is 757. The summed E-state index contributed by atoms with van der Waals surface area (Å²) in [5.74, 6) is -1.09. The number of anilines is 2. The molecular formula is C13H9N3O6. The monoisotopic (exact) mass is 303 g/mol. The molecule has 9 heteroatoms. The van der Waals surface area contributed by atoms with Gasteiger partial charge in [0.2, 0.25) is 0 Å². The van der Waals surface area contributed by atoms with Crippen molar-refractivity contribution in [2.24, 2.45) is 0 Å². The molecule has 0 saturated carbocycles. The highest BCUT2D eigenvalue weighted by Gasteiger charge is 2.19. The van der Waals surface area contributed by atoms with Crippen molar-refractivity contribution in [2.45, 2.75) is 0 Å². The number of nitro benzene ring substituents is 2. The van der Waals surface area contributed by atoms with Crippen LogP contribution < -0.4 is 5.32 Å². The van der Waals surface area contributed by atoms with E-state index in [2.05, 4.69) is 5.32 Å². The standard InChI is InChI=1S/C13H9N3O6/c17-13(18)8-1-3-9(4-2-8)14-11-6-5-10(15(19)20)7-12(11)16(21)22/h1-7,14H,(H,17,18). The van der Waals surface area contributed by atoms with Crippen molar-refractivity contribution in [3.05, 3.63) is 68.3 Å². The van der Waals surface area contributed by atoms with Gasteiger partial charge in [0, 0.05) is 11.8 Å². The van der Waals surface area contributed by atoms with Crippen LogP contribution in [0.25, 0.3) is 0 Å². The first-order valence-electron chi connectivity index (χ1n) is 5.91. The zero-order chi connectivity index (χ0) is 16.3. The molecule has 9 nitrogen and oxygen atoms in total. The Morgan fingerprint density at radius 1 is 1.00 bits per heavy atom. The number of benzene rings is 2. The highest BCUT2D eigenvalue weighted by atomic mass is 16.6. The maximum absolute atomic E-state index is 11.0. The first kappa shape index (κ1) is 14.9. The second-order valence-corrected chi connectivity index (χ2v) is 4.22. The molecule has 0 bridgehead atoms. The van der Waals surface area contributed by atoms with Crippen LogP contribution in [0.2, 0.25) is 0 Å². The van der Waals surface area contributed by atoms with Crippen LogP contribution in [0.1, 0.15) is 10.4 Å². The summed E-state index contributed by atoms with van der Waals surface area (Å²) in [6.07, 6.45) is 0. The molecule has 2 N–H and O–H groups in total. The zero-order valence-electron chi connectivity index (χ0n) is 10.9. The lowest BCUT2D eigenvalue weighted by molar-refractivity contribution is -0.393. The molecule has 0 fully saturated rings. The molecule has 2 rings (SSSR count). The Hall–Kier alpha value is -3.49. The summed E-state index contributed by atoms with van der Waals surface area (Å²) in [5, 5.41) is 33.2. The van der Waals surface area contributed by atoms with E-state index < -0.39 is 27.2 Å². The van der Waals surface area contributed by atoms with Gasteiger partial charge in [-0.15, -0.1) is 0 Å². The number of nitrogens with one attached hydrogen (secondary N) is 1. The molecule has 0 unspecified atom stereocenters. The number of aromatic carboxylic acids is 1. The number of hydrogen-bond donors (Lipinski definition) is 2. The number of nitro groups is 2. The van der Waals surface area contributed by atoms with Gasteiger partial charge in [-0.3, -0.25) is 20.2 Å². The van der Waals surface area contributed by atoms with Gasteiger partial charge < -0.3 is 10.4 Å². The van der Waals surface area contributed by atoms with Gasteiger partial charge >= 0.3 is 5.97 Å². The molecular weight excluding hydrogens is 294 g/mol. The summed E-state index contributed by atoms with van der Waals surface area (Å²) in [6, 6.07) is 8.77. The average molecular weight is 303 g/mol. The average Bonchev–Trinajstić information content (AvgIpc) is 2.47. The van der Waals surface area contributed by atoms with Crippen LogP contribution in [0, 0.1) is 20.2 Å². The van der Waals surface area contributed by atoms with E-state index in [1.807, 2.05) is 0 Å². The highest BCUT2D eigenvalue weighted by Crippen LogP contribution is 2.31. The maximum atomic E-state index is 11.0. The number of carbonyl (C=O) groups is 1. The number of rotatable bonds is 5. The van der Waals surface area contributed by atoms with Gasteiger partial charge in [-0.25, -0.2) is 4.79 Å². The van der Waals surface area contributed by atoms with Crippen molar-refractivity contribution in [3.8, 4) is 0 Å². The van der Waals surface area contributed by atoms with Gasteiger partial charge in [0.05, 0.1) is 21.5 Å². The summed E-state index contributed by atoms with van der Waals surface area (Å²) < 4.78 is 0. The third-order valence-corrected chi connectivity index (χ3v) is 2.80. The number of carboxylic acid groups (broad SMARTS) is 1. The Kier molecular flexibility index (Phi) is 3.98. The van der Waals surface area contributed by atoms with E-state index in [0.29, 0.717) is 5.69 Å². The number of hydrogen-bond acceptors (Lipinski definition) is 6. The molecule has 0 aliphatic rings. The highest BCUT2D eigenvalue weighted by molar-refractivity contribution is 5.88. The topological polar surface area (TPSA) is 136 Å². The van der Waals surface area contributed by atoms with Crippen molar-refractivity contribution < 1.29 is 19.7 Å². The lowest BCUT2D eigenvalue weighted by Crippen LogP contribution is -2.00. The van der Waals surface area contributed by atoms with Crippen LogP contribution in [-0.2, 0) is 0 Å². The van der Waals surface area contributed by atoms with Gasteiger partial charge in [-0.05, 0) is 30.3 Å². The van der Waals surface area contributed by atoms with Crippen molar-refractivity contribution in [2.75, 3.05) is 5.32 Å². The Balaban J connectivity index is 2.34. The van der Waals surface area contributed by atoms with Crippen molar-refractivity contribution in [1.29, 1.82) is 0 Å². The van der Waals surface area contributed by atoms with Crippen LogP contribution in [0.15, 0.2) is 42.5 Å². The van der Waals surface area contributed by atoms with E-state index in [9.17, 15) is 25.0 Å². The molecule has 0 atom stereocenters. The van der Waals surface area contributed by atoms with Crippen molar-refractivity contribution in [3.63, 3.8) is 0 Å². The van der Waals surface area contributed by atoms with Crippen LogP contribution in [0.4, 0.5) is 22.7 Å². The van der Waals surface area contributed by atoms with Crippen molar-refractivity contribution >= 4 is 28.7 Å². The first-order chi connectivity index (χ1) is 10.4. The predicted molar refractivity (Wildman–Crippen MR) is 76.4 cm³/mol. The molecule has 0 aromatic heterocycles. The Labute approximate surface area is 123 Å². The molecule has 112 valence electrons. The van der Waals surface area contributed by atoms with E-state index in [4.69, 9.17) is 5.11 Å². The van der Waals surface area contributed by atoms with Gasteiger partial charge in [0.1, 0.15) is 5.69 Å². The molecule has 22 heavy (non-hydrogen) atoms. The fourth-order valence-electron chi connectivity index (χ4n) is 1.74. The number of non-ortho nitro benzene ring substituents is 1. The second-order valence-electron chi connectivity index (χ2n) is 4.22. The summed E-state index contributed by atoms with van der Waals surface area (Å²) in [4.78, 5) is 30.9. The van der Waals surface area contributed by atoms with E-state index in [0.717, 1.165) is 12.1 Å². The van der Waals surface area contributed by atoms with Gasteiger partial charge in [-0.2, -0.15) is 0 Å². The molecule has 0 saturated heterocycles. The lowest BCUT2D eigenvalue weighted by Gasteiger charge is -2.07. The minimum absolute atomic E-state index is 0.0682. The number of nitrogens with zero attached hydrogens (tertiary/aromatic N) is 2. The van der Waals surface area contributed by atoms with Crippen LogP contribution in [0.3, 0.4) is 0 Å². The normalized spacial score (nSPS) is 10.0. The molecule has 0 spiro atoms. The molecule has 0 heterocycles. The first-order valence-corrected chi connectivity index (χ1v) is 5.91. The smallest absolute Gasteiger partial charge is 0.335 e. The second kappa shape index (κ2) is 5.87. The molecule has 0 aliphatic heterocycles. The third-order valence-electron chi connectivity index (χ3n) is 2.80. The van der Waals surface area contributed by atoms with Crippen LogP contribution in [0.5, 0.6) is 0 Å². The van der Waals surface area contributed by atoms with Gasteiger partial charge in [0.15, 0.2) is 0 Å². The van der Waals surface area contributed by atoms with E-state index >= 15 is 0 Å². The largest absolute Gasteiger partial charge is 0.478 e. The van der Waals surface area contributed by atoms with E-state index in [1.165, 1.54) is 30.3 Å². The minimum atomic E-state index is -1.09. The summed E-state index contributed by atoms with van der Waals surface area (Å²) in [5.41, 5.74) is -0.278. The van der Waals surface area contributed by atoms with E-state index in [1.54, 1.807) is 0 Å². The SMILES string of the molecule is O=C(O)c1ccc(Nc2ccc([N+](=O)[O-])cc2[N+](=O)[O-])cc1. The molecule has 2 aromatic carbocycles. The maximum Gasteiger partial charge on any atom is 0.335 e. The Morgan fingerprint density at radius 2 is 1.64 bits per heavy atom. The Morgan fingerprint density at radius 3 is 2.14 bits per heavy atom. The summed E-state index contributed by atoms with van der Waals surface area (Å²) in [7, 11) is 0. The molecule has 2 aromatic rings. The predicted octanol–water partition coefficient (Wildman–Crippen LogP) is 2.94. The fourth-order valence-corrected chi connectivity index (χ4v) is 1.74. The minimum Gasteiger partial charge on any atom is -0.478 e. The van der Waals surface area contributed by atoms with Gasteiger partial charge in [-0.1, -0.05) is 0 Å². The van der Waals surface area contributed by atoms with Crippen LogP contribution in [-0.4, -0.2) is 20.9 Å².